The Kier molecular flexibility index (Phi) is 10.4. The third kappa shape index (κ3) is 7.99. The number of carbonyl (C=O) groups is 4. The highest BCUT2D eigenvalue weighted by Crippen LogP contribution is 2.30. The van der Waals surface area contributed by atoms with Crippen molar-refractivity contribution in [3.05, 3.63) is 125 Å². The Hall–Kier alpha value is -5.77. The third-order valence-electron chi connectivity index (χ3n) is 7.04. The number of amidine groups is 1. The van der Waals surface area contributed by atoms with E-state index in [9.17, 15) is 19.2 Å². The van der Waals surface area contributed by atoms with Gasteiger partial charge in [-0.05, 0) is 65.1 Å². The molecule has 45 heavy (non-hydrogen) atoms. The number of esters is 2. The van der Waals surface area contributed by atoms with Gasteiger partial charge in [-0.3, -0.25) is 15.0 Å². The molecule has 0 bridgehead atoms. The summed E-state index contributed by atoms with van der Waals surface area (Å²) in [5.41, 5.74) is 8.56. The maximum Gasteiger partial charge on any atom is 0.339 e. The Bertz CT molecular complexity index is 1720. The van der Waals surface area contributed by atoms with Gasteiger partial charge in [-0.25, -0.2) is 9.59 Å². The number of hydrogen-bond acceptors (Lipinski definition) is 7. The summed E-state index contributed by atoms with van der Waals surface area (Å²) in [6.07, 6.45) is 0. The van der Waals surface area contributed by atoms with Gasteiger partial charge in [0.15, 0.2) is 0 Å². The zero-order valence-electron chi connectivity index (χ0n) is 25.1. The Morgan fingerprint density at radius 1 is 0.778 bits per heavy atom. The van der Waals surface area contributed by atoms with Gasteiger partial charge in [-0.1, -0.05) is 68.4 Å². The van der Waals surface area contributed by atoms with Gasteiger partial charge in [-0.15, -0.1) is 0 Å². The molecule has 0 saturated heterocycles. The van der Waals surface area contributed by atoms with Gasteiger partial charge in [0.1, 0.15) is 18.5 Å². The van der Waals surface area contributed by atoms with Crippen molar-refractivity contribution in [1.82, 2.24) is 5.32 Å². The minimum Gasteiger partial charge on any atom is -0.467 e. The molecule has 0 unspecified atom stereocenters. The number of rotatable bonds is 11. The second-order valence-corrected chi connectivity index (χ2v) is 10.5. The molecular formula is C35H34N4O6. The lowest BCUT2D eigenvalue weighted by molar-refractivity contribution is -0.144. The molecule has 0 spiro atoms. The number of nitrogens with two attached hydrogens (primary N) is 1. The minimum atomic E-state index is -0.899. The molecule has 0 saturated carbocycles. The largest absolute Gasteiger partial charge is 0.467 e. The van der Waals surface area contributed by atoms with E-state index in [1.807, 2.05) is 30.3 Å². The molecule has 4 aromatic rings. The molecule has 4 rings (SSSR count). The fourth-order valence-electron chi connectivity index (χ4n) is 4.59. The Labute approximate surface area is 261 Å². The normalized spacial score (nSPS) is 11.3. The van der Waals surface area contributed by atoms with Crippen LogP contribution in [-0.2, 0) is 20.9 Å². The van der Waals surface area contributed by atoms with Gasteiger partial charge >= 0.3 is 11.9 Å². The molecule has 1 atom stereocenters. The maximum absolute atomic E-state index is 13.6. The number of nitrogens with one attached hydrogen (secondary N) is 3. The van der Waals surface area contributed by atoms with Crippen molar-refractivity contribution >= 4 is 35.3 Å². The monoisotopic (exact) mass is 606 g/mol. The summed E-state index contributed by atoms with van der Waals surface area (Å²) in [5.74, 6) is -2.65. The molecule has 10 nitrogen and oxygen atoms in total. The first-order chi connectivity index (χ1) is 21.6. The zero-order valence-corrected chi connectivity index (χ0v) is 25.1. The van der Waals surface area contributed by atoms with Gasteiger partial charge < -0.3 is 25.8 Å². The van der Waals surface area contributed by atoms with Crippen molar-refractivity contribution in [2.45, 2.75) is 26.5 Å². The van der Waals surface area contributed by atoms with Gasteiger partial charge in [0.05, 0.1) is 12.7 Å². The van der Waals surface area contributed by atoms with Crippen molar-refractivity contribution in [3.63, 3.8) is 0 Å². The summed E-state index contributed by atoms with van der Waals surface area (Å²) >= 11 is 0. The summed E-state index contributed by atoms with van der Waals surface area (Å²) < 4.78 is 10.5. The molecule has 0 radical (unpaired) electrons. The van der Waals surface area contributed by atoms with Crippen LogP contribution in [-0.4, -0.2) is 42.7 Å². The van der Waals surface area contributed by atoms with E-state index in [0.29, 0.717) is 22.4 Å². The molecule has 230 valence electrons. The van der Waals surface area contributed by atoms with E-state index in [1.54, 1.807) is 68.4 Å². The van der Waals surface area contributed by atoms with Crippen LogP contribution in [0.15, 0.2) is 97.1 Å². The number of amides is 2. The van der Waals surface area contributed by atoms with Crippen LogP contribution in [0, 0.1) is 11.3 Å². The van der Waals surface area contributed by atoms with Crippen molar-refractivity contribution in [2.75, 3.05) is 12.4 Å². The average molecular weight is 607 g/mol. The first-order valence-electron chi connectivity index (χ1n) is 14.2. The highest BCUT2D eigenvalue weighted by Gasteiger charge is 2.27. The standard InChI is InChI=1S/C35H34N4O6/c1-21(2)30(35(43)44-3)39-32(40)24-15-18-27(29(19-24)34(42)45-20-22-9-5-4-6-10-22)26-11-7-8-12-28(26)33(41)38-25-16-13-23(14-17-25)31(36)37/h4-19,21,30H,20H2,1-3H3,(H3,36,37)(H,38,41)(H,39,40)/t30-/m1/s1. The van der Waals surface area contributed by atoms with E-state index in [0.717, 1.165) is 5.56 Å². The molecule has 0 aliphatic carbocycles. The molecule has 10 heteroatoms. The second-order valence-electron chi connectivity index (χ2n) is 10.5. The van der Waals surface area contributed by atoms with Crippen LogP contribution >= 0.6 is 0 Å². The van der Waals surface area contributed by atoms with Crippen LogP contribution in [0.4, 0.5) is 5.69 Å². The first kappa shape index (κ1) is 32.2. The molecule has 5 N–H and O–H groups in total. The van der Waals surface area contributed by atoms with Crippen LogP contribution in [0.25, 0.3) is 11.1 Å². The Morgan fingerprint density at radius 3 is 2.04 bits per heavy atom. The predicted molar refractivity (Wildman–Crippen MR) is 171 cm³/mol. The molecule has 0 aromatic heterocycles. The highest BCUT2D eigenvalue weighted by molar-refractivity contribution is 6.11. The van der Waals surface area contributed by atoms with Gasteiger partial charge in [0, 0.05) is 22.4 Å². The van der Waals surface area contributed by atoms with E-state index in [1.165, 1.54) is 19.2 Å². The number of benzene rings is 4. The topological polar surface area (TPSA) is 161 Å². The van der Waals surface area contributed by atoms with Crippen molar-refractivity contribution in [1.29, 1.82) is 5.41 Å². The maximum atomic E-state index is 13.6. The number of nitrogen functional groups attached to an aromatic ring is 1. The summed E-state index contributed by atoms with van der Waals surface area (Å²) in [5, 5.41) is 13.1. The third-order valence-corrected chi connectivity index (χ3v) is 7.04. The molecule has 0 fully saturated rings. The zero-order chi connectivity index (χ0) is 32.5. The number of anilines is 1. The molecule has 0 aliphatic heterocycles. The van der Waals surface area contributed by atoms with Gasteiger partial charge in [-0.2, -0.15) is 0 Å². The average Bonchev–Trinajstić information content (AvgIpc) is 3.05. The molecule has 0 aliphatic rings. The van der Waals surface area contributed by atoms with Crippen LogP contribution < -0.4 is 16.4 Å². The summed E-state index contributed by atoms with van der Waals surface area (Å²) in [7, 11) is 1.24. The quantitative estimate of drug-likeness (QED) is 0.104. The minimum absolute atomic E-state index is 0.00824. The SMILES string of the molecule is COC(=O)[C@H](NC(=O)c1ccc(-c2ccccc2C(=O)Nc2ccc(C(=N)N)cc2)c(C(=O)OCc2ccccc2)c1)C(C)C. The Balaban J connectivity index is 1.71. The second kappa shape index (κ2) is 14.6. The number of methoxy groups -OCH3 is 1. The summed E-state index contributed by atoms with van der Waals surface area (Å²) in [6.45, 7) is 3.54. The van der Waals surface area contributed by atoms with E-state index < -0.39 is 29.8 Å². The lowest BCUT2D eigenvalue weighted by Gasteiger charge is -2.20. The number of hydrogen-bond donors (Lipinski definition) is 4. The predicted octanol–water partition coefficient (Wildman–Crippen LogP) is 5.17. The Morgan fingerprint density at radius 2 is 1.40 bits per heavy atom. The lowest BCUT2D eigenvalue weighted by atomic mass is 9.93. The molecular weight excluding hydrogens is 572 g/mol. The van der Waals surface area contributed by atoms with Crippen molar-refractivity contribution in [3.8, 4) is 11.1 Å². The van der Waals surface area contributed by atoms with Crippen LogP contribution in [0.1, 0.15) is 56.0 Å². The molecule has 2 amide bonds. The van der Waals surface area contributed by atoms with Gasteiger partial charge in [0.2, 0.25) is 0 Å². The fourth-order valence-corrected chi connectivity index (χ4v) is 4.59. The van der Waals surface area contributed by atoms with Crippen molar-refractivity contribution in [2.24, 2.45) is 11.7 Å². The van der Waals surface area contributed by atoms with E-state index in [2.05, 4.69) is 10.6 Å². The summed E-state index contributed by atoms with van der Waals surface area (Å²) in [6, 6.07) is 26.0. The molecule has 4 aromatic carbocycles. The lowest BCUT2D eigenvalue weighted by Crippen LogP contribution is -2.45. The number of ether oxygens (including phenoxy) is 2. The van der Waals surface area contributed by atoms with Crippen LogP contribution in [0.2, 0.25) is 0 Å². The summed E-state index contributed by atoms with van der Waals surface area (Å²) in [4.78, 5) is 52.6. The molecule has 0 heterocycles. The smallest absolute Gasteiger partial charge is 0.339 e. The van der Waals surface area contributed by atoms with Gasteiger partial charge in [0.25, 0.3) is 11.8 Å². The van der Waals surface area contributed by atoms with Crippen molar-refractivity contribution < 1.29 is 28.7 Å². The first-order valence-corrected chi connectivity index (χ1v) is 14.2. The van der Waals surface area contributed by atoms with E-state index >= 15 is 0 Å². The number of carbonyl (C=O) groups excluding carboxylic acids is 4. The van der Waals surface area contributed by atoms with E-state index in [4.69, 9.17) is 20.6 Å². The van der Waals surface area contributed by atoms with Crippen LogP contribution in [0.3, 0.4) is 0 Å². The van der Waals surface area contributed by atoms with Crippen LogP contribution in [0.5, 0.6) is 0 Å². The highest BCUT2D eigenvalue weighted by atomic mass is 16.5. The fraction of sp³-hybridized carbons (Fsp3) is 0.171. The van der Waals surface area contributed by atoms with E-state index in [-0.39, 0.29) is 35.1 Å².